The zero-order chi connectivity index (χ0) is 16.5. The van der Waals surface area contributed by atoms with Crippen LogP contribution in [0.1, 0.15) is 17.8 Å². The van der Waals surface area contributed by atoms with Crippen LogP contribution in [0.5, 0.6) is 5.75 Å². The van der Waals surface area contributed by atoms with Gasteiger partial charge in [0.05, 0.1) is 31.0 Å². The highest BCUT2D eigenvalue weighted by Crippen LogP contribution is 2.25. The molecule has 0 saturated carbocycles. The first-order valence-electron chi connectivity index (χ1n) is 8.46. The number of imidazole rings is 1. The minimum atomic E-state index is 0.135. The molecule has 4 rings (SSSR count). The Labute approximate surface area is 141 Å². The van der Waals surface area contributed by atoms with Crippen LogP contribution in [0.2, 0.25) is 0 Å². The van der Waals surface area contributed by atoms with Gasteiger partial charge in [0.25, 0.3) is 0 Å². The lowest BCUT2D eigenvalue weighted by atomic mass is 10.0. The van der Waals surface area contributed by atoms with Crippen molar-refractivity contribution in [3.05, 3.63) is 35.7 Å². The third-order valence-electron chi connectivity index (χ3n) is 4.92. The second-order valence-corrected chi connectivity index (χ2v) is 6.44. The van der Waals surface area contributed by atoms with Gasteiger partial charge in [-0.3, -0.25) is 4.79 Å². The van der Waals surface area contributed by atoms with E-state index in [9.17, 15) is 4.79 Å². The lowest BCUT2D eigenvalue weighted by Crippen LogP contribution is -2.40. The number of nitrogens with one attached hydrogen (secondary N) is 2. The molecule has 24 heavy (non-hydrogen) atoms. The van der Waals surface area contributed by atoms with E-state index in [0.29, 0.717) is 6.54 Å². The number of benzene rings is 1. The van der Waals surface area contributed by atoms with Crippen molar-refractivity contribution in [3.8, 4) is 17.1 Å². The van der Waals surface area contributed by atoms with E-state index in [-0.39, 0.29) is 11.8 Å². The highest BCUT2D eigenvalue weighted by Gasteiger charge is 2.30. The SMILES string of the molecule is COc1ccc(-c2nc3c([nH]2)CN(C(=O)C2CCNC2)CC3)cc1. The molecular weight excluding hydrogens is 304 g/mol. The summed E-state index contributed by atoms with van der Waals surface area (Å²) in [6.45, 7) is 3.15. The van der Waals surface area contributed by atoms with Crippen molar-refractivity contribution < 1.29 is 9.53 Å². The summed E-state index contributed by atoms with van der Waals surface area (Å²) >= 11 is 0. The second kappa shape index (κ2) is 6.28. The summed E-state index contributed by atoms with van der Waals surface area (Å²) < 4.78 is 5.20. The maximum Gasteiger partial charge on any atom is 0.227 e. The van der Waals surface area contributed by atoms with Gasteiger partial charge in [0.2, 0.25) is 5.91 Å². The van der Waals surface area contributed by atoms with Gasteiger partial charge in [-0.25, -0.2) is 4.98 Å². The van der Waals surface area contributed by atoms with E-state index in [2.05, 4.69) is 10.3 Å². The normalized spacial score (nSPS) is 20.0. The molecule has 126 valence electrons. The van der Waals surface area contributed by atoms with Crippen LogP contribution in [0.3, 0.4) is 0 Å². The van der Waals surface area contributed by atoms with Crippen molar-refractivity contribution in [1.82, 2.24) is 20.2 Å². The molecular formula is C18H22N4O2. The number of rotatable bonds is 3. The van der Waals surface area contributed by atoms with Crippen LogP contribution >= 0.6 is 0 Å². The molecule has 0 radical (unpaired) electrons. The molecule has 0 spiro atoms. The smallest absolute Gasteiger partial charge is 0.227 e. The van der Waals surface area contributed by atoms with Gasteiger partial charge in [0, 0.05) is 25.1 Å². The first-order valence-corrected chi connectivity index (χ1v) is 8.46. The number of amides is 1. The predicted molar refractivity (Wildman–Crippen MR) is 90.7 cm³/mol. The molecule has 1 aromatic heterocycles. The maximum absolute atomic E-state index is 12.6. The second-order valence-electron chi connectivity index (χ2n) is 6.44. The largest absolute Gasteiger partial charge is 0.497 e. The van der Waals surface area contributed by atoms with E-state index in [0.717, 1.165) is 61.0 Å². The van der Waals surface area contributed by atoms with Crippen LogP contribution in [-0.2, 0) is 17.8 Å². The number of nitrogens with zero attached hydrogens (tertiary/aromatic N) is 2. The van der Waals surface area contributed by atoms with E-state index in [4.69, 9.17) is 9.72 Å². The number of aromatic amines is 1. The number of H-pyrrole nitrogens is 1. The Morgan fingerprint density at radius 1 is 1.33 bits per heavy atom. The minimum absolute atomic E-state index is 0.135. The Morgan fingerprint density at radius 3 is 2.88 bits per heavy atom. The number of carbonyl (C=O) groups excluding carboxylic acids is 1. The average molecular weight is 326 g/mol. The summed E-state index contributed by atoms with van der Waals surface area (Å²) in [5, 5.41) is 3.27. The summed E-state index contributed by atoms with van der Waals surface area (Å²) in [4.78, 5) is 22.7. The number of fused-ring (bicyclic) bond motifs is 1. The van der Waals surface area contributed by atoms with Crippen molar-refractivity contribution >= 4 is 5.91 Å². The van der Waals surface area contributed by atoms with Gasteiger partial charge >= 0.3 is 0 Å². The van der Waals surface area contributed by atoms with E-state index >= 15 is 0 Å². The molecule has 0 aliphatic carbocycles. The highest BCUT2D eigenvalue weighted by molar-refractivity contribution is 5.79. The van der Waals surface area contributed by atoms with Gasteiger partial charge in [-0.15, -0.1) is 0 Å². The van der Waals surface area contributed by atoms with Crippen LogP contribution in [0, 0.1) is 5.92 Å². The summed E-state index contributed by atoms with van der Waals surface area (Å²) in [7, 11) is 1.66. The van der Waals surface area contributed by atoms with Crippen LogP contribution in [0.4, 0.5) is 0 Å². The monoisotopic (exact) mass is 326 g/mol. The number of hydrogen-bond donors (Lipinski definition) is 2. The van der Waals surface area contributed by atoms with Crippen LogP contribution < -0.4 is 10.1 Å². The number of ether oxygens (including phenoxy) is 1. The topological polar surface area (TPSA) is 70.2 Å². The molecule has 1 unspecified atom stereocenters. The van der Waals surface area contributed by atoms with Crippen LogP contribution in [0.25, 0.3) is 11.4 Å². The molecule has 2 aliphatic rings. The molecule has 2 aliphatic heterocycles. The van der Waals surface area contributed by atoms with Gasteiger partial charge < -0.3 is 19.9 Å². The average Bonchev–Trinajstić information content (AvgIpc) is 3.30. The summed E-state index contributed by atoms with van der Waals surface area (Å²) in [6.07, 6.45) is 1.76. The molecule has 1 saturated heterocycles. The fourth-order valence-electron chi connectivity index (χ4n) is 3.49. The fourth-order valence-corrected chi connectivity index (χ4v) is 3.49. The summed E-state index contributed by atoms with van der Waals surface area (Å²) in [6, 6.07) is 7.85. The van der Waals surface area contributed by atoms with Crippen LogP contribution in [-0.4, -0.2) is 47.5 Å². The van der Waals surface area contributed by atoms with Crippen molar-refractivity contribution in [2.24, 2.45) is 5.92 Å². The highest BCUT2D eigenvalue weighted by atomic mass is 16.5. The van der Waals surface area contributed by atoms with Crippen molar-refractivity contribution in [2.75, 3.05) is 26.7 Å². The standard InChI is InChI=1S/C18H22N4O2/c1-24-14-4-2-12(3-5-14)17-20-15-7-9-22(11-16(15)21-17)18(23)13-6-8-19-10-13/h2-5,13,19H,6-11H2,1H3,(H,20,21). The number of carbonyl (C=O) groups is 1. The van der Waals surface area contributed by atoms with E-state index in [1.54, 1.807) is 7.11 Å². The van der Waals surface area contributed by atoms with Gasteiger partial charge in [-0.05, 0) is 37.2 Å². The molecule has 6 nitrogen and oxygen atoms in total. The Balaban J connectivity index is 1.51. The van der Waals surface area contributed by atoms with Crippen LogP contribution in [0.15, 0.2) is 24.3 Å². The molecule has 1 amide bonds. The number of methoxy groups -OCH3 is 1. The predicted octanol–water partition coefficient (Wildman–Crippen LogP) is 1.58. The Kier molecular flexibility index (Phi) is 3.98. The van der Waals surface area contributed by atoms with Crippen molar-refractivity contribution in [2.45, 2.75) is 19.4 Å². The summed E-state index contributed by atoms with van der Waals surface area (Å²) in [5.74, 6) is 2.10. The maximum atomic E-state index is 12.6. The zero-order valence-electron chi connectivity index (χ0n) is 13.8. The zero-order valence-corrected chi connectivity index (χ0v) is 13.8. The fraction of sp³-hybridized carbons (Fsp3) is 0.444. The molecule has 0 bridgehead atoms. The number of hydrogen-bond acceptors (Lipinski definition) is 4. The number of aromatic nitrogens is 2. The van der Waals surface area contributed by atoms with Gasteiger partial charge in [-0.1, -0.05) is 0 Å². The lowest BCUT2D eigenvalue weighted by molar-refractivity contribution is -0.135. The minimum Gasteiger partial charge on any atom is -0.497 e. The van der Waals surface area contributed by atoms with Gasteiger partial charge in [0.1, 0.15) is 11.6 Å². The van der Waals surface area contributed by atoms with Crippen molar-refractivity contribution in [3.63, 3.8) is 0 Å². The molecule has 1 aromatic carbocycles. The quantitative estimate of drug-likeness (QED) is 0.898. The third kappa shape index (κ3) is 2.78. The van der Waals surface area contributed by atoms with Gasteiger partial charge in [0.15, 0.2) is 0 Å². The van der Waals surface area contributed by atoms with Crippen molar-refractivity contribution in [1.29, 1.82) is 0 Å². The third-order valence-corrected chi connectivity index (χ3v) is 4.92. The molecule has 2 aromatic rings. The van der Waals surface area contributed by atoms with Gasteiger partial charge in [-0.2, -0.15) is 0 Å². The Morgan fingerprint density at radius 2 is 2.17 bits per heavy atom. The first kappa shape index (κ1) is 15.2. The molecule has 6 heteroatoms. The lowest BCUT2D eigenvalue weighted by Gasteiger charge is -2.28. The van der Waals surface area contributed by atoms with E-state index < -0.39 is 0 Å². The molecule has 2 N–H and O–H groups in total. The molecule has 1 atom stereocenters. The first-order chi connectivity index (χ1) is 11.7. The molecule has 1 fully saturated rings. The Hall–Kier alpha value is -2.34. The van der Waals surface area contributed by atoms with E-state index in [1.165, 1.54) is 0 Å². The van der Waals surface area contributed by atoms with E-state index in [1.807, 2.05) is 29.2 Å². The molecule has 3 heterocycles. The summed E-state index contributed by atoms with van der Waals surface area (Å²) in [5.41, 5.74) is 3.17. The Bertz CT molecular complexity index is 732.